The number of para-hydroxylation sites is 1. The number of piperazine rings is 1. The van der Waals surface area contributed by atoms with Crippen LogP contribution in [0.2, 0.25) is 0 Å². The van der Waals surface area contributed by atoms with Gasteiger partial charge in [0.25, 0.3) is 5.91 Å². The first-order valence-corrected chi connectivity index (χ1v) is 12.0. The number of benzene rings is 3. The fourth-order valence-electron chi connectivity index (χ4n) is 4.76. The number of anilines is 1. The summed E-state index contributed by atoms with van der Waals surface area (Å²) in [6.45, 7) is 2.77. The lowest BCUT2D eigenvalue weighted by atomic mass is 9.98. The van der Waals surface area contributed by atoms with Crippen molar-refractivity contribution in [2.75, 3.05) is 44.7 Å². The van der Waals surface area contributed by atoms with Crippen LogP contribution in [0.4, 0.5) is 14.5 Å². The van der Waals surface area contributed by atoms with Crippen molar-refractivity contribution >= 4 is 17.3 Å². The molecule has 0 radical (unpaired) electrons. The van der Waals surface area contributed by atoms with Crippen molar-refractivity contribution in [3.05, 3.63) is 95.6 Å². The fourth-order valence-corrected chi connectivity index (χ4v) is 4.76. The molecule has 36 heavy (non-hydrogen) atoms. The number of ether oxygens (including phenoxy) is 1. The molecule has 186 valence electrons. The molecule has 3 aromatic rings. The first-order chi connectivity index (χ1) is 17.5. The minimum absolute atomic E-state index is 0.118. The van der Waals surface area contributed by atoms with Crippen molar-refractivity contribution in [2.45, 2.75) is 12.5 Å². The Morgan fingerprint density at radius 2 is 1.64 bits per heavy atom. The Kier molecular flexibility index (Phi) is 6.95. The van der Waals surface area contributed by atoms with Gasteiger partial charge < -0.3 is 9.64 Å². The van der Waals surface area contributed by atoms with Gasteiger partial charge in [0.1, 0.15) is 17.4 Å². The highest BCUT2D eigenvalue weighted by Crippen LogP contribution is 2.33. The molecule has 1 atom stereocenters. The molecule has 0 N–H and O–H groups in total. The van der Waals surface area contributed by atoms with Crippen LogP contribution in [-0.2, 0) is 4.79 Å². The van der Waals surface area contributed by atoms with Crippen LogP contribution in [0, 0.1) is 11.6 Å². The summed E-state index contributed by atoms with van der Waals surface area (Å²) in [6, 6.07) is 20.3. The van der Waals surface area contributed by atoms with Crippen molar-refractivity contribution in [3.63, 3.8) is 0 Å². The number of amides is 1. The van der Waals surface area contributed by atoms with Crippen LogP contribution in [0.1, 0.15) is 23.6 Å². The summed E-state index contributed by atoms with van der Waals surface area (Å²) in [6.07, 6.45) is 0.533. The molecule has 8 heteroatoms. The van der Waals surface area contributed by atoms with E-state index in [9.17, 15) is 13.6 Å². The number of carbonyl (C=O) groups excluding carboxylic acids is 1. The molecule has 1 unspecified atom stereocenters. The van der Waals surface area contributed by atoms with Crippen molar-refractivity contribution in [1.29, 1.82) is 0 Å². The highest BCUT2D eigenvalue weighted by Gasteiger charge is 2.34. The van der Waals surface area contributed by atoms with E-state index in [2.05, 4.69) is 4.90 Å². The van der Waals surface area contributed by atoms with Gasteiger partial charge >= 0.3 is 0 Å². The van der Waals surface area contributed by atoms with Crippen LogP contribution >= 0.6 is 0 Å². The zero-order chi connectivity index (χ0) is 25.1. The van der Waals surface area contributed by atoms with Crippen LogP contribution in [0.5, 0.6) is 5.75 Å². The molecule has 1 saturated heterocycles. The van der Waals surface area contributed by atoms with Gasteiger partial charge in [-0.15, -0.1) is 0 Å². The predicted molar refractivity (Wildman–Crippen MR) is 135 cm³/mol. The molecule has 2 heterocycles. The summed E-state index contributed by atoms with van der Waals surface area (Å²) in [7, 11) is 1.61. The van der Waals surface area contributed by atoms with Gasteiger partial charge in [-0.25, -0.2) is 13.8 Å². The third-order valence-electron chi connectivity index (χ3n) is 6.77. The SMILES string of the molecule is COc1ccc(C2=NN(C(=O)CN3CCN(c4ccccc4F)CC3)C(c3ccc(F)cc3)C2)cc1. The van der Waals surface area contributed by atoms with Crippen molar-refractivity contribution in [3.8, 4) is 5.75 Å². The maximum Gasteiger partial charge on any atom is 0.257 e. The van der Waals surface area contributed by atoms with Gasteiger partial charge in [0, 0.05) is 32.6 Å². The number of hydrogen-bond acceptors (Lipinski definition) is 5. The van der Waals surface area contributed by atoms with E-state index in [1.807, 2.05) is 35.2 Å². The summed E-state index contributed by atoms with van der Waals surface area (Å²) >= 11 is 0. The number of carbonyl (C=O) groups is 1. The number of nitrogens with zero attached hydrogens (tertiary/aromatic N) is 4. The Morgan fingerprint density at radius 1 is 0.944 bits per heavy atom. The Morgan fingerprint density at radius 3 is 2.31 bits per heavy atom. The topological polar surface area (TPSA) is 48.4 Å². The summed E-state index contributed by atoms with van der Waals surface area (Å²) in [5, 5.41) is 6.25. The number of methoxy groups -OCH3 is 1. The number of hydrogen-bond donors (Lipinski definition) is 0. The summed E-state index contributed by atoms with van der Waals surface area (Å²) in [5.41, 5.74) is 3.14. The van der Waals surface area contributed by atoms with E-state index in [1.54, 1.807) is 31.4 Å². The fraction of sp³-hybridized carbons (Fsp3) is 0.286. The van der Waals surface area contributed by atoms with Crippen LogP contribution in [0.25, 0.3) is 0 Å². The molecule has 2 aliphatic heterocycles. The van der Waals surface area contributed by atoms with Gasteiger partial charge in [-0.3, -0.25) is 9.69 Å². The first kappa shape index (κ1) is 23.9. The average molecular weight is 491 g/mol. The van der Waals surface area contributed by atoms with E-state index >= 15 is 0 Å². The zero-order valence-corrected chi connectivity index (χ0v) is 20.1. The van der Waals surface area contributed by atoms with Gasteiger partial charge in [-0.1, -0.05) is 24.3 Å². The second-order valence-corrected chi connectivity index (χ2v) is 9.00. The van der Waals surface area contributed by atoms with Crippen LogP contribution in [-0.4, -0.2) is 61.4 Å². The number of rotatable bonds is 6. The lowest BCUT2D eigenvalue weighted by Gasteiger charge is -2.36. The molecule has 0 bridgehead atoms. The smallest absolute Gasteiger partial charge is 0.257 e. The summed E-state index contributed by atoms with van der Waals surface area (Å²) in [5.74, 6) is 0.0716. The molecular weight excluding hydrogens is 462 g/mol. The third kappa shape index (κ3) is 5.09. The molecule has 1 fully saturated rings. The normalized spacial score (nSPS) is 18.3. The lowest BCUT2D eigenvalue weighted by Crippen LogP contribution is -2.49. The van der Waals surface area contributed by atoms with E-state index in [1.165, 1.54) is 23.2 Å². The zero-order valence-electron chi connectivity index (χ0n) is 20.1. The molecule has 6 nitrogen and oxygen atoms in total. The van der Waals surface area contributed by atoms with Crippen molar-refractivity contribution in [1.82, 2.24) is 9.91 Å². The highest BCUT2D eigenvalue weighted by atomic mass is 19.1. The van der Waals surface area contributed by atoms with E-state index in [4.69, 9.17) is 9.84 Å². The number of hydrazone groups is 1. The quantitative estimate of drug-likeness (QED) is 0.512. The third-order valence-corrected chi connectivity index (χ3v) is 6.77. The Balaban J connectivity index is 1.30. The highest BCUT2D eigenvalue weighted by molar-refractivity contribution is 6.03. The van der Waals surface area contributed by atoms with Gasteiger partial charge in [0.2, 0.25) is 0 Å². The van der Waals surface area contributed by atoms with E-state index in [0.717, 1.165) is 22.6 Å². The molecule has 1 amide bonds. The van der Waals surface area contributed by atoms with Gasteiger partial charge in [-0.05, 0) is 59.7 Å². The largest absolute Gasteiger partial charge is 0.497 e. The lowest BCUT2D eigenvalue weighted by molar-refractivity contribution is -0.134. The molecule has 0 aromatic heterocycles. The summed E-state index contributed by atoms with van der Waals surface area (Å²) < 4.78 is 33.0. The predicted octanol–water partition coefficient (Wildman–Crippen LogP) is 4.47. The van der Waals surface area contributed by atoms with Crippen LogP contribution in [0.15, 0.2) is 77.9 Å². The van der Waals surface area contributed by atoms with E-state index in [-0.39, 0.29) is 30.1 Å². The standard InChI is InChI=1S/C28H28F2N4O2/c1-36-23-12-8-20(9-13-23)25-18-27(21-6-10-22(29)11-7-21)34(31-25)28(35)19-32-14-16-33(17-15-32)26-5-3-2-4-24(26)30/h2-13,27H,14-19H2,1H3. The van der Waals surface area contributed by atoms with Gasteiger partial charge in [0.05, 0.1) is 31.1 Å². The van der Waals surface area contributed by atoms with Crippen molar-refractivity contribution < 1.29 is 18.3 Å². The minimum Gasteiger partial charge on any atom is -0.497 e. The Bertz CT molecular complexity index is 1240. The Labute approximate surface area is 209 Å². The maximum absolute atomic E-state index is 14.2. The van der Waals surface area contributed by atoms with E-state index < -0.39 is 0 Å². The second-order valence-electron chi connectivity index (χ2n) is 9.00. The van der Waals surface area contributed by atoms with Gasteiger partial charge in [-0.2, -0.15) is 5.10 Å². The molecule has 5 rings (SSSR count). The maximum atomic E-state index is 14.2. The monoisotopic (exact) mass is 490 g/mol. The first-order valence-electron chi connectivity index (χ1n) is 12.0. The molecule has 2 aliphatic rings. The van der Waals surface area contributed by atoms with Crippen molar-refractivity contribution in [2.24, 2.45) is 5.10 Å². The minimum atomic E-state index is -0.321. The van der Waals surface area contributed by atoms with Crippen LogP contribution in [0.3, 0.4) is 0 Å². The van der Waals surface area contributed by atoms with E-state index in [0.29, 0.717) is 38.3 Å². The molecular formula is C28H28F2N4O2. The Hall–Kier alpha value is -3.78. The second kappa shape index (κ2) is 10.5. The average Bonchev–Trinajstić information content (AvgIpc) is 3.36. The molecule has 3 aromatic carbocycles. The van der Waals surface area contributed by atoms with Gasteiger partial charge in [0.15, 0.2) is 0 Å². The molecule has 0 saturated carbocycles. The van der Waals surface area contributed by atoms with Crippen LogP contribution < -0.4 is 9.64 Å². The molecule has 0 aliphatic carbocycles. The number of halogens is 2. The summed E-state index contributed by atoms with van der Waals surface area (Å²) in [4.78, 5) is 17.5. The molecule has 0 spiro atoms.